The van der Waals surface area contributed by atoms with E-state index in [2.05, 4.69) is 23.9 Å². The van der Waals surface area contributed by atoms with Gasteiger partial charge in [0, 0.05) is 32.6 Å². The number of ether oxygens (including phenoxy) is 7. The topological polar surface area (TPSA) is 217 Å². The van der Waals surface area contributed by atoms with Gasteiger partial charge < -0.3 is 44.2 Å². The molecule has 334 valence electrons. The standard InChI is InChI=1S/C40H61F3N4O12/c1-23(2)26(16-25-10-11-29(54-8)31(17-25)55-15-9-14-53-7)18-28-30(19-27(24(3)4)32(48)46-20-38(5,6)33(44)49)56-21-47(28)37(52)58-22-57-35(50)39(12-13-39)34(45)59-36(51)40(41,42)43/h10-11,17,23-24,26-28,30,34H,9,12-16,18-22,45H2,1-8H3,(H2,44,49)(H,46,48)/t26-,27+,28+,30+,34?/m1/s1. The quantitative estimate of drug-likeness (QED) is 0.0790. The van der Waals surface area contributed by atoms with Gasteiger partial charge in [0.15, 0.2) is 17.7 Å². The number of nitrogens with two attached hydrogens (primary N) is 2. The third kappa shape index (κ3) is 13.6. The number of carbonyl (C=O) groups is 5. The molecule has 2 aliphatic rings. The normalized spacial score (nSPS) is 19.1. The number of carbonyl (C=O) groups excluding carboxylic acids is 5. The summed E-state index contributed by atoms with van der Waals surface area (Å²) in [5, 5.41) is 2.85. The van der Waals surface area contributed by atoms with E-state index in [-0.39, 0.29) is 56.2 Å². The van der Waals surface area contributed by atoms with Crippen molar-refractivity contribution < 1.29 is 70.3 Å². The first-order chi connectivity index (χ1) is 27.6. The summed E-state index contributed by atoms with van der Waals surface area (Å²) in [7, 11) is 3.17. The maximum Gasteiger partial charge on any atom is 0.490 e. The molecular formula is C40H61F3N4O12. The van der Waals surface area contributed by atoms with Crippen molar-refractivity contribution in [3.8, 4) is 11.5 Å². The van der Waals surface area contributed by atoms with Gasteiger partial charge in [-0.1, -0.05) is 33.8 Å². The van der Waals surface area contributed by atoms with E-state index in [0.717, 1.165) is 5.56 Å². The van der Waals surface area contributed by atoms with Gasteiger partial charge in [-0.15, -0.1) is 0 Å². The van der Waals surface area contributed by atoms with E-state index in [1.54, 1.807) is 28.1 Å². The second-order valence-electron chi connectivity index (χ2n) is 16.5. The molecule has 1 heterocycles. The Labute approximate surface area is 343 Å². The zero-order chi connectivity index (χ0) is 44.3. The molecule has 0 bridgehead atoms. The minimum Gasteiger partial charge on any atom is -0.493 e. The monoisotopic (exact) mass is 846 g/mol. The molecule has 16 nitrogen and oxygen atoms in total. The number of hydrogen-bond donors (Lipinski definition) is 3. The fourth-order valence-electron chi connectivity index (χ4n) is 6.68. The fourth-order valence-corrected chi connectivity index (χ4v) is 6.68. The first-order valence-corrected chi connectivity index (χ1v) is 19.7. The van der Waals surface area contributed by atoms with Crippen LogP contribution >= 0.6 is 0 Å². The average molecular weight is 847 g/mol. The third-order valence-electron chi connectivity index (χ3n) is 11.0. The number of nitrogens with one attached hydrogen (secondary N) is 1. The first kappa shape index (κ1) is 49.0. The average Bonchev–Trinajstić information content (AvgIpc) is 3.89. The molecule has 3 amide bonds. The van der Waals surface area contributed by atoms with Crippen molar-refractivity contribution in [3.05, 3.63) is 23.8 Å². The van der Waals surface area contributed by atoms with Crippen LogP contribution in [-0.2, 0) is 49.3 Å². The highest BCUT2D eigenvalue weighted by Gasteiger charge is 2.59. The van der Waals surface area contributed by atoms with Crippen molar-refractivity contribution in [1.82, 2.24) is 10.2 Å². The summed E-state index contributed by atoms with van der Waals surface area (Å²) in [5.41, 5.74) is 9.42. The van der Waals surface area contributed by atoms with E-state index >= 15 is 0 Å². The van der Waals surface area contributed by atoms with Gasteiger partial charge in [0.2, 0.25) is 18.6 Å². The Kier molecular flexibility index (Phi) is 17.6. The Balaban J connectivity index is 1.83. The summed E-state index contributed by atoms with van der Waals surface area (Å²) >= 11 is 0. The van der Waals surface area contributed by atoms with Gasteiger partial charge in [0.1, 0.15) is 12.1 Å². The van der Waals surface area contributed by atoms with E-state index in [1.165, 1.54) is 4.90 Å². The lowest BCUT2D eigenvalue weighted by molar-refractivity contribution is -0.209. The molecule has 5 atom stereocenters. The van der Waals surface area contributed by atoms with E-state index < -0.39 is 72.0 Å². The SMILES string of the molecule is COCCCOc1cc(C[C@H](C[C@H]2[C@H](C[C@H](C(=O)NCC(C)(C)C(N)=O)C(C)C)OCN2C(=O)OCOC(=O)C2(C(N)OC(=O)C(F)(F)F)CC2)C(C)C)ccc1OC. The molecule has 1 saturated heterocycles. The van der Waals surface area contributed by atoms with Crippen LogP contribution in [0.4, 0.5) is 18.0 Å². The lowest BCUT2D eigenvalue weighted by Gasteiger charge is -2.33. The molecule has 0 spiro atoms. The van der Waals surface area contributed by atoms with Crippen LogP contribution in [0.3, 0.4) is 0 Å². The molecule has 1 saturated carbocycles. The number of amides is 3. The number of methoxy groups -OCH3 is 2. The Bertz CT molecular complexity index is 1600. The van der Waals surface area contributed by atoms with E-state index in [9.17, 15) is 37.1 Å². The maximum atomic E-state index is 13.7. The van der Waals surface area contributed by atoms with Crippen LogP contribution in [-0.4, -0.2) is 107 Å². The molecule has 1 aliphatic heterocycles. The molecule has 2 fully saturated rings. The van der Waals surface area contributed by atoms with Crippen molar-refractivity contribution in [2.75, 3.05) is 47.5 Å². The molecule has 1 unspecified atom stereocenters. The number of hydrogen-bond acceptors (Lipinski definition) is 13. The van der Waals surface area contributed by atoms with Crippen molar-refractivity contribution in [3.63, 3.8) is 0 Å². The highest BCUT2D eigenvalue weighted by Crippen LogP contribution is 2.50. The summed E-state index contributed by atoms with van der Waals surface area (Å²) in [4.78, 5) is 64.7. The molecule has 1 aliphatic carbocycles. The number of primary amides is 1. The number of esters is 2. The van der Waals surface area contributed by atoms with Crippen LogP contribution in [0.1, 0.15) is 79.2 Å². The minimum absolute atomic E-state index is 0.00730. The zero-order valence-corrected chi connectivity index (χ0v) is 35.2. The molecular weight excluding hydrogens is 785 g/mol. The Morgan fingerprint density at radius 3 is 2.22 bits per heavy atom. The molecule has 0 radical (unpaired) electrons. The van der Waals surface area contributed by atoms with Crippen molar-refractivity contribution in [1.29, 1.82) is 0 Å². The molecule has 1 aromatic rings. The van der Waals surface area contributed by atoms with Gasteiger partial charge >= 0.3 is 24.2 Å². The highest BCUT2D eigenvalue weighted by atomic mass is 19.4. The molecule has 1 aromatic carbocycles. The lowest BCUT2D eigenvalue weighted by atomic mass is 9.80. The number of benzene rings is 1. The Hall–Kier alpha value is -4.36. The second kappa shape index (κ2) is 21.2. The predicted octanol–water partition coefficient (Wildman–Crippen LogP) is 4.44. The molecule has 5 N–H and O–H groups in total. The summed E-state index contributed by atoms with van der Waals surface area (Å²) < 4.78 is 75.8. The number of rotatable bonds is 23. The predicted molar refractivity (Wildman–Crippen MR) is 205 cm³/mol. The van der Waals surface area contributed by atoms with Crippen molar-refractivity contribution in [2.45, 2.75) is 105 Å². The Morgan fingerprint density at radius 2 is 1.66 bits per heavy atom. The second-order valence-corrected chi connectivity index (χ2v) is 16.5. The summed E-state index contributed by atoms with van der Waals surface area (Å²) in [6, 6.07) is 5.05. The van der Waals surface area contributed by atoms with Crippen LogP contribution < -0.4 is 26.3 Å². The molecule has 19 heteroatoms. The summed E-state index contributed by atoms with van der Waals surface area (Å²) in [6.45, 7) is 11.0. The van der Waals surface area contributed by atoms with Crippen LogP contribution in [0.5, 0.6) is 11.5 Å². The number of alkyl halides is 3. The van der Waals surface area contributed by atoms with E-state index in [1.807, 2.05) is 32.0 Å². The molecule has 0 aromatic heterocycles. The zero-order valence-electron chi connectivity index (χ0n) is 35.2. The van der Waals surface area contributed by atoms with Crippen molar-refractivity contribution >= 4 is 29.8 Å². The van der Waals surface area contributed by atoms with Gasteiger partial charge in [-0.2, -0.15) is 13.2 Å². The first-order valence-electron chi connectivity index (χ1n) is 19.7. The fraction of sp³-hybridized carbons (Fsp3) is 0.725. The third-order valence-corrected chi connectivity index (χ3v) is 11.0. The molecule has 3 rings (SSSR count). The van der Waals surface area contributed by atoms with E-state index in [0.29, 0.717) is 44.0 Å². The van der Waals surface area contributed by atoms with Crippen LogP contribution in [0.15, 0.2) is 18.2 Å². The number of halogens is 3. The minimum atomic E-state index is -5.31. The smallest absolute Gasteiger partial charge is 0.490 e. The largest absolute Gasteiger partial charge is 0.493 e. The van der Waals surface area contributed by atoms with Gasteiger partial charge in [-0.05, 0) is 81.4 Å². The van der Waals surface area contributed by atoms with Crippen LogP contribution in [0, 0.1) is 34.5 Å². The summed E-state index contributed by atoms with van der Waals surface area (Å²) in [6.07, 6.45) is -6.97. The van der Waals surface area contributed by atoms with Crippen LogP contribution in [0.25, 0.3) is 0 Å². The molecule has 59 heavy (non-hydrogen) atoms. The van der Waals surface area contributed by atoms with Gasteiger partial charge in [-0.25, -0.2) is 9.59 Å². The maximum absolute atomic E-state index is 13.7. The van der Waals surface area contributed by atoms with Gasteiger partial charge in [0.25, 0.3) is 0 Å². The van der Waals surface area contributed by atoms with Crippen LogP contribution in [0.2, 0.25) is 0 Å². The van der Waals surface area contributed by atoms with Gasteiger partial charge in [-0.3, -0.25) is 25.0 Å². The Morgan fingerprint density at radius 1 is 0.983 bits per heavy atom. The summed E-state index contributed by atoms with van der Waals surface area (Å²) in [5.74, 6) is -4.10. The lowest BCUT2D eigenvalue weighted by Crippen LogP contribution is -2.47. The van der Waals surface area contributed by atoms with Crippen molar-refractivity contribution in [2.24, 2.45) is 46.0 Å². The van der Waals surface area contributed by atoms with E-state index in [4.69, 9.17) is 39.9 Å². The van der Waals surface area contributed by atoms with Gasteiger partial charge in [0.05, 0.1) is 31.3 Å². The number of nitrogens with zero attached hydrogens (tertiary/aromatic N) is 1. The highest BCUT2D eigenvalue weighted by molar-refractivity contribution is 5.83.